The van der Waals surface area contributed by atoms with Crippen molar-refractivity contribution in [3.8, 4) is 5.75 Å². The smallest absolute Gasteiger partial charge is 0.123 e. The van der Waals surface area contributed by atoms with Gasteiger partial charge in [-0.1, -0.05) is 157 Å². The van der Waals surface area contributed by atoms with Crippen molar-refractivity contribution in [1.29, 1.82) is 0 Å². The molecule has 0 radical (unpaired) electrons. The van der Waals surface area contributed by atoms with Crippen LogP contribution in [0.25, 0.3) is 11.3 Å². The zero-order valence-corrected chi connectivity index (χ0v) is 33.8. The molecule has 1 nitrogen and oxygen atoms in total. The van der Waals surface area contributed by atoms with Crippen molar-refractivity contribution < 1.29 is 4.74 Å². The number of allylic oxidation sites excluding steroid dienone is 4. The van der Waals surface area contributed by atoms with Crippen LogP contribution in [0.1, 0.15) is 143 Å². The highest BCUT2D eigenvalue weighted by atomic mass is 28.3. The topological polar surface area (TPSA) is 9.23 Å². The molecule has 0 fully saturated rings. The maximum absolute atomic E-state index is 6.84. The van der Waals surface area contributed by atoms with Crippen LogP contribution in [0.4, 0.5) is 0 Å². The summed E-state index contributed by atoms with van der Waals surface area (Å²) in [5.74, 6) is 1.59. The molecule has 2 heteroatoms. The van der Waals surface area contributed by atoms with Crippen molar-refractivity contribution in [2.45, 2.75) is 150 Å². The quantitative estimate of drug-likeness (QED) is 0.212. The number of ether oxygens (including phenoxy) is 1. The molecule has 48 heavy (non-hydrogen) atoms. The van der Waals surface area contributed by atoms with Crippen molar-refractivity contribution >= 4 is 24.5 Å². The molecule has 0 aliphatic heterocycles. The standard InChI is InChI=1S/C46H64OSi/c1-15-27-47-40-34(42(4,5)6)19-18-20-35(40)48(16-2,17-3)41-33-29-44(9,10)23-21-30(33)36-37(41)32-28-43(7,8)24-22-31(32)38-39(36)46(13,14)26-25-45(38,11)12/h15,18-20,25-26,28-30H,1,16-17,21-24,27H2,2-14H3. The first-order chi connectivity index (χ1) is 22.3. The van der Waals surface area contributed by atoms with Crippen LogP contribution in [0, 0.1) is 10.8 Å². The maximum atomic E-state index is 6.84. The Morgan fingerprint density at radius 2 is 1.50 bits per heavy atom. The second-order valence-corrected chi connectivity index (χ2v) is 23.8. The van der Waals surface area contributed by atoms with Crippen LogP contribution >= 0.6 is 0 Å². The number of benzene rings is 2. The fourth-order valence-corrected chi connectivity index (χ4v) is 15.0. The first-order valence-corrected chi connectivity index (χ1v) is 21.5. The van der Waals surface area contributed by atoms with Crippen LogP contribution in [-0.4, -0.2) is 14.7 Å². The molecule has 4 aliphatic carbocycles. The van der Waals surface area contributed by atoms with E-state index in [1.54, 1.807) is 43.5 Å². The minimum atomic E-state index is -2.40. The van der Waals surface area contributed by atoms with Gasteiger partial charge in [-0.25, -0.2) is 0 Å². The molecule has 2 aromatic carbocycles. The molecule has 0 bridgehead atoms. The van der Waals surface area contributed by atoms with Crippen molar-refractivity contribution in [2.24, 2.45) is 10.8 Å². The third-order valence-corrected chi connectivity index (χ3v) is 18.0. The van der Waals surface area contributed by atoms with Crippen LogP contribution < -0.4 is 20.4 Å². The zero-order chi connectivity index (χ0) is 35.2. The summed E-state index contributed by atoms with van der Waals surface area (Å²) in [5, 5.41) is 6.47. The third-order valence-electron chi connectivity index (χ3n) is 12.7. The summed E-state index contributed by atoms with van der Waals surface area (Å²) in [6, 6.07) is 9.44. The Kier molecular flexibility index (Phi) is 8.43. The van der Waals surface area contributed by atoms with Gasteiger partial charge >= 0.3 is 0 Å². The summed E-state index contributed by atoms with van der Waals surface area (Å²) in [7, 11) is -2.40. The van der Waals surface area contributed by atoms with Crippen LogP contribution in [0.3, 0.4) is 0 Å². The summed E-state index contributed by atoms with van der Waals surface area (Å²) in [4.78, 5) is 0. The Bertz CT molecular complexity index is 1840. The van der Waals surface area contributed by atoms with Crippen LogP contribution in [0.15, 0.2) is 54.7 Å². The Morgan fingerprint density at radius 3 is 2.10 bits per heavy atom. The van der Waals surface area contributed by atoms with Crippen molar-refractivity contribution in [1.82, 2.24) is 0 Å². The van der Waals surface area contributed by atoms with E-state index in [0.717, 1.165) is 24.3 Å². The molecule has 6 rings (SSSR count). The minimum absolute atomic E-state index is 0.0105. The molecular weight excluding hydrogens is 597 g/mol. The van der Waals surface area contributed by atoms with E-state index in [-0.39, 0.29) is 27.1 Å². The summed E-state index contributed by atoms with van der Waals surface area (Å²) in [6.45, 7) is 36.4. The zero-order valence-electron chi connectivity index (χ0n) is 32.8. The largest absolute Gasteiger partial charge is 0.489 e. The molecule has 2 aromatic rings. The fourth-order valence-electron chi connectivity index (χ4n) is 10.1. The molecule has 0 saturated carbocycles. The lowest BCUT2D eigenvalue weighted by atomic mass is 9.61. The summed E-state index contributed by atoms with van der Waals surface area (Å²) in [5.41, 5.74) is 9.93. The Hall–Kier alpha value is -2.58. The molecule has 0 amide bonds. The Balaban J connectivity index is 1.90. The third kappa shape index (κ3) is 5.39. The first kappa shape index (κ1) is 35.3. The van der Waals surface area contributed by atoms with Crippen molar-refractivity contribution in [3.63, 3.8) is 0 Å². The SMILES string of the molecule is C=CCOc1c(C(C)(C)C)cccc1[Si](CC)(CC)C1=c2c(c3c(c4c2=CC(C)(C)CC4)C(C)(C)C=CC3(C)C)C2CCC(C)(C)C=C12. The second kappa shape index (κ2) is 11.5. The van der Waals surface area contributed by atoms with Crippen LogP contribution in [-0.2, 0) is 22.7 Å². The number of para-hydroxylation sites is 1. The Morgan fingerprint density at radius 1 is 0.875 bits per heavy atom. The Labute approximate surface area is 294 Å². The van der Waals surface area contributed by atoms with Crippen LogP contribution in [0.5, 0.6) is 5.75 Å². The van der Waals surface area contributed by atoms with Gasteiger partial charge in [0.25, 0.3) is 0 Å². The number of hydrogen-bond acceptors (Lipinski definition) is 1. The molecular formula is C46H64OSi. The predicted octanol–water partition coefficient (Wildman–Crippen LogP) is 10.4. The average Bonchev–Trinajstić information content (AvgIpc) is 3.32. The van der Waals surface area contributed by atoms with E-state index in [1.807, 2.05) is 6.08 Å². The maximum Gasteiger partial charge on any atom is 0.123 e. The molecule has 258 valence electrons. The van der Waals surface area contributed by atoms with Gasteiger partial charge in [0.1, 0.15) is 20.4 Å². The molecule has 0 spiro atoms. The molecule has 1 atom stereocenters. The highest BCUT2D eigenvalue weighted by Gasteiger charge is 2.51. The van der Waals surface area contributed by atoms with E-state index in [4.69, 9.17) is 4.74 Å². The highest BCUT2D eigenvalue weighted by Crippen LogP contribution is 2.55. The number of hydrogen-bond donors (Lipinski definition) is 0. The monoisotopic (exact) mass is 660 g/mol. The highest BCUT2D eigenvalue weighted by molar-refractivity contribution is 7.06. The van der Waals surface area contributed by atoms with Gasteiger partial charge in [0.2, 0.25) is 0 Å². The lowest BCUT2D eigenvalue weighted by Gasteiger charge is -2.43. The van der Waals surface area contributed by atoms with E-state index in [9.17, 15) is 0 Å². The molecule has 0 N–H and O–H groups in total. The number of rotatable bonds is 7. The predicted molar refractivity (Wildman–Crippen MR) is 212 cm³/mol. The van der Waals surface area contributed by atoms with E-state index in [0.29, 0.717) is 12.5 Å². The van der Waals surface area contributed by atoms with Gasteiger partial charge in [0.05, 0.1) is 0 Å². The lowest BCUT2D eigenvalue weighted by Crippen LogP contribution is -2.54. The van der Waals surface area contributed by atoms with E-state index in [2.05, 4.69) is 139 Å². The summed E-state index contributed by atoms with van der Waals surface area (Å²) in [6.07, 6.45) is 17.3. The normalized spacial score (nSPS) is 22.9. The molecule has 4 aliphatic rings. The average molecular weight is 661 g/mol. The first-order valence-electron chi connectivity index (χ1n) is 19.0. The van der Waals surface area contributed by atoms with E-state index in [1.165, 1.54) is 30.0 Å². The van der Waals surface area contributed by atoms with Crippen LogP contribution in [0.2, 0.25) is 12.1 Å². The lowest BCUT2D eigenvalue weighted by molar-refractivity contribution is 0.354. The molecule has 0 aromatic heterocycles. The summed E-state index contributed by atoms with van der Waals surface area (Å²) >= 11 is 0. The van der Waals surface area contributed by atoms with Gasteiger partial charge in [-0.2, -0.15) is 0 Å². The van der Waals surface area contributed by atoms with E-state index >= 15 is 0 Å². The van der Waals surface area contributed by atoms with Gasteiger partial charge in [0.15, 0.2) is 0 Å². The van der Waals surface area contributed by atoms with Gasteiger partial charge in [-0.3, -0.25) is 0 Å². The fraction of sp³-hybridized carbons (Fsp3) is 0.565. The van der Waals surface area contributed by atoms with E-state index < -0.39 is 8.07 Å². The van der Waals surface area contributed by atoms with Gasteiger partial charge in [-0.15, -0.1) is 0 Å². The minimum Gasteiger partial charge on any atom is -0.489 e. The van der Waals surface area contributed by atoms with Gasteiger partial charge in [0, 0.05) is 16.7 Å². The molecule has 0 heterocycles. The summed E-state index contributed by atoms with van der Waals surface area (Å²) < 4.78 is 6.84. The molecule has 1 unspecified atom stereocenters. The van der Waals surface area contributed by atoms with Gasteiger partial charge < -0.3 is 4.74 Å². The second-order valence-electron chi connectivity index (χ2n) is 19.2. The van der Waals surface area contributed by atoms with Crippen molar-refractivity contribution in [2.75, 3.05) is 6.61 Å². The molecule has 0 saturated heterocycles. The van der Waals surface area contributed by atoms with Gasteiger partial charge in [-0.05, 0) is 96.1 Å². The number of fused-ring (bicyclic) bond motifs is 8. The van der Waals surface area contributed by atoms with Crippen molar-refractivity contribution in [3.05, 3.63) is 92.9 Å².